The average molecular weight is 392 g/mol. The van der Waals surface area contributed by atoms with E-state index in [4.69, 9.17) is 4.52 Å². The molecule has 0 saturated heterocycles. The molecule has 2 aromatic carbocycles. The molecule has 0 unspecified atom stereocenters. The highest BCUT2D eigenvalue weighted by Gasteiger charge is 2.18. The summed E-state index contributed by atoms with van der Waals surface area (Å²) in [5, 5.41) is 6.72. The standard InChI is InChI=1S/C21H17FN4O3/c1-12-6-7-16(8-13(12)2)24-17(27)10-26-11-23-20-18(21(26)28)19(25-29-20)14-4-3-5-15(22)9-14/h3-9,11H,10H2,1-2H3,(H,24,27). The Morgan fingerprint density at radius 3 is 2.76 bits per heavy atom. The quantitative estimate of drug-likeness (QED) is 0.575. The first-order chi connectivity index (χ1) is 13.9. The lowest BCUT2D eigenvalue weighted by atomic mass is 10.1. The summed E-state index contributed by atoms with van der Waals surface area (Å²) in [7, 11) is 0. The largest absolute Gasteiger partial charge is 0.335 e. The number of hydrogen-bond acceptors (Lipinski definition) is 5. The zero-order chi connectivity index (χ0) is 20.5. The van der Waals surface area contributed by atoms with Crippen LogP contribution < -0.4 is 10.9 Å². The van der Waals surface area contributed by atoms with Gasteiger partial charge < -0.3 is 9.84 Å². The molecule has 0 radical (unpaired) electrons. The number of amides is 1. The molecule has 1 amide bonds. The molecule has 0 aliphatic carbocycles. The lowest BCUT2D eigenvalue weighted by molar-refractivity contribution is -0.116. The normalized spacial score (nSPS) is 11.0. The van der Waals surface area contributed by atoms with Gasteiger partial charge in [-0.15, -0.1) is 0 Å². The summed E-state index contributed by atoms with van der Waals surface area (Å²) in [6, 6.07) is 11.2. The molecule has 4 rings (SSSR count). The molecular formula is C21H17FN4O3. The van der Waals surface area contributed by atoms with Crippen molar-refractivity contribution >= 4 is 22.7 Å². The van der Waals surface area contributed by atoms with E-state index >= 15 is 0 Å². The number of hydrogen-bond donors (Lipinski definition) is 1. The van der Waals surface area contributed by atoms with Gasteiger partial charge in [0.05, 0.1) is 0 Å². The minimum absolute atomic E-state index is 0.0279. The molecule has 1 N–H and O–H groups in total. The van der Waals surface area contributed by atoms with Crippen LogP contribution in [-0.4, -0.2) is 20.6 Å². The molecule has 2 heterocycles. The van der Waals surface area contributed by atoms with Crippen LogP contribution in [0.15, 0.2) is 58.1 Å². The molecule has 4 aromatic rings. The summed E-state index contributed by atoms with van der Waals surface area (Å²) >= 11 is 0. The summed E-state index contributed by atoms with van der Waals surface area (Å²) < 4.78 is 19.8. The van der Waals surface area contributed by atoms with Crippen LogP contribution >= 0.6 is 0 Å². The van der Waals surface area contributed by atoms with Crippen molar-refractivity contribution in [3.63, 3.8) is 0 Å². The fraction of sp³-hybridized carbons (Fsp3) is 0.143. The number of fused-ring (bicyclic) bond motifs is 1. The molecule has 0 spiro atoms. The zero-order valence-electron chi connectivity index (χ0n) is 15.8. The molecule has 2 aromatic heterocycles. The average Bonchev–Trinajstić information content (AvgIpc) is 3.12. The highest BCUT2D eigenvalue weighted by atomic mass is 19.1. The molecule has 0 atom stereocenters. The Morgan fingerprint density at radius 2 is 2.00 bits per heavy atom. The van der Waals surface area contributed by atoms with Crippen LogP contribution in [0.25, 0.3) is 22.4 Å². The predicted molar refractivity (Wildman–Crippen MR) is 106 cm³/mol. The van der Waals surface area contributed by atoms with E-state index in [-0.39, 0.29) is 29.2 Å². The number of anilines is 1. The lowest BCUT2D eigenvalue weighted by Crippen LogP contribution is -2.27. The molecule has 29 heavy (non-hydrogen) atoms. The van der Waals surface area contributed by atoms with E-state index in [0.717, 1.165) is 11.1 Å². The van der Waals surface area contributed by atoms with Gasteiger partial charge in [-0.3, -0.25) is 14.2 Å². The molecule has 0 fully saturated rings. The third-order valence-corrected chi connectivity index (χ3v) is 4.67. The number of carbonyl (C=O) groups is 1. The van der Waals surface area contributed by atoms with Crippen LogP contribution in [0, 0.1) is 19.7 Å². The van der Waals surface area contributed by atoms with Crippen molar-refractivity contribution in [2.45, 2.75) is 20.4 Å². The van der Waals surface area contributed by atoms with E-state index in [2.05, 4.69) is 15.5 Å². The Labute approximate surface area is 164 Å². The fourth-order valence-corrected chi connectivity index (χ4v) is 3.00. The summed E-state index contributed by atoms with van der Waals surface area (Å²) in [6.07, 6.45) is 1.23. The van der Waals surface area contributed by atoms with Gasteiger partial charge in [0.25, 0.3) is 11.3 Å². The van der Waals surface area contributed by atoms with Gasteiger partial charge in [-0.2, -0.15) is 0 Å². The van der Waals surface area contributed by atoms with Gasteiger partial charge in [-0.05, 0) is 49.2 Å². The van der Waals surface area contributed by atoms with Crippen molar-refractivity contribution in [3.05, 3.63) is 76.1 Å². The maximum Gasteiger partial charge on any atom is 0.267 e. The van der Waals surface area contributed by atoms with Gasteiger partial charge >= 0.3 is 0 Å². The highest BCUT2D eigenvalue weighted by molar-refractivity contribution is 5.91. The molecule has 0 bridgehead atoms. The second-order valence-corrected chi connectivity index (χ2v) is 6.75. The molecule has 146 valence electrons. The van der Waals surface area contributed by atoms with E-state index in [0.29, 0.717) is 11.3 Å². The number of halogens is 1. The van der Waals surface area contributed by atoms with Crippen molar-refractivity contribution < 1.29 is 13.7 Å². The van der Waals surface area contributed by atoms with E-state index in [1.165, 1.54) is 29.1 Å². The van der Waals surface area contributed by atoms with Gasteiger partial charge in [0.15, 0.2) is 0 Å². The van der Waals surface area contributed by atoms with Crippen LogP contribution in [0.4, 0.5) is 10.1 Å². The number of aromatic nitrogens is 3. The first kappa shape index (κ1) is 18.5. The van der Waals surface area contributed by atoms with E-state index < -0.39 is 11.4 Å². The first-order valence-corrected chi connectivity index (χ1v) is 8.90. The van der Waals surface area contributed by atoms with E-state index in [9.17, 15) is 14.0 Å². The van der Waals surface area contributed by atoms with Crippen molar-refractivity contribution in [3.8, 4) is 11.3 Å². The minimum Gasteiger partial charge on any atom is -0.335 e. The Hall–Kier alpha value is -3.81. The van der Waals surface area contributed by atoms with Crippen LogP contribution in [0.1, 0.15) is 11.1 Å². The minimum atomic E-state index is -0.495. The van der Waals surface area contributed by atoms with Crippen LogP contribution in [0.2, 0.25) is 0 Å². The molecule has 8 heteroatoms. The summed E-state index contributed by atoms with van der Waals surface area (Å²) in [6.45, 7) is 3.70. The van der Waals surface area contributed by atoms with Crippen molar-refractivity contribution in [2.24, 2.45) is 0 Å². The van der Waals surface area contributed by atoms with Crippen LogP contribution in [0.3, 0.4) is 0 Å². The summed E-state index contributed by atoms with van der Waals surface area (Å²) in [4.78, 5) is 29.4. The van der Waals surface area contributed by atoms with Gasteiger partial charge in [-0.25, -0.2) is 9.37 Å². The number of rotatable bonds is 4. The first-order valence-electron chi connectivity index (χ1n) is 8.90. The van der Waals surface area contributed by atoms with Gasteiger partial charge in [0.1, 0.15) is 29.8 Å². The predicted octanol–water partition coefficient (Wildman–Crippen LogP) is 3.45. The van der Waals surface area contributed by atoms with E-state index in [1.54, 1.807) is 12.1 Å². The van der Waals surface area contributed by atoms with Crippen molar-refractivity contribution in [1.82, 2.24) is 14.7 Å². The molecule has 0 aliphatic heterocycles. The summed E-state index contributed by atoms with van der Waals surface area (Å²) in [5.74, 6) is -0.837. The SMILES string of the molecule is Cc1ccc(NC(=O)Cn2cnc3onc(-c4cccc(F)c4)c3c2=O)cc1C. The maximum atomic E-state index is 13.6. The summed E-state index contributed by atoms with van der Waals surface area (Å²) in [5.41, 5.74) is 2.91. The Bertz CT molecular complexity index is 1290. The number of nitrogens with one attached hydrogen (secondary N) is 1. The smallest absolute Gasteiger partial charge is 0.267 e. The second-order valence-electron chi connectivity index (χ2n) is 6.75. The topological polar surface area (TPSA) is 90.0 Å². The third-order valence-electron chi connectivity index (χ3n) is 4.67. The lowest BCUT2D eigenvalue weighted by Gasteiger charge is -2.09. The number of carbonyl (C=O) groups excluding carboxylic acids is 1. The van der Waals surface area contributed by atoms with Gasteiger partial charge in [0, 0.05) is 11.3 Å². The second kappa shape index (κ2) is 7.31. The van der Waals surface area contributed by atoms with Crippen molar-refractivity contribution in [2.75, 3.05) is 5.32 Å². The molecule has 7 nitrogen and oxygen atoms in total. The van der Waals surface area contributed by atoms with Crippen molar-refractivity contribution in [1.29, 1.82) is 0 Å². The van der Waals surface area contributed by atoms with Crippen LogP contribution in [-0.2, 0) is 11.3 Å². The molecule has 0 aliphatic rings. The highest BCUT2D eigenvalue weighted by Crippen LogP contribution is 2.24. The Kier molecular flexibility index (Phi) is 4.67. The number of aryl methyl sites for hydroxylation is 2. The van der Waals surface area contributed by atoms with Crippen LogP contribution in [0.5, 0.6) is 0 Å². The fourth-order valence-electron chi connectivity index (χ4n) is 3.00. The Morgan fingerprint density at radius 1 is 1.17 bits per heavy atom. The number of nitrogens with zero attached hydrogens (tertiary/aromatic N) is 3. The number of benzene rings is 2. The molecule has 0 saturated carbocycles. The van der Waals surface area contributed by atoms with Gasteiger partial charge in [0.2, 0.25) is 5.91 Å². The van der Waals surface area contributed by atoms with E-state index in [1.807, 2.05) is 26.0 Å². The zero-order valence-corrected chi connectivity index (χ0v) is 15.8. The third kappa shape index (κ3) is 3.64. The Balaban J connectivity index is 1.65. The monoisotopic (exact) mass is 392 g/mol. The maximum absolute atomic E-state index is 13.6. The van der Waals surface area contributed by atoms with Gasteiger partial charge in [-0.1, -0.05) is 23.4 Å². The molecular weight excluding hydrogens is 375 g/mol.